The summed E-state index contributed by atoms with van der Waals surface area (Å²) < 4.78 is 5.38. The Hall–Kier alpha value is -2.58. The third kappa shape index (κ3) is 3.65. The van der Waals surface area contributed by atoms with Crippen LogP contribution in [0.4, 0.5) is 0 Å². The van der Waals surface area contributed by atoms with E-state index in [4.69, 9.17) is 4.74 Å². The van der Waals surface area contributed by atoms with Crippen molar-refractivity contribution in [3.8, 4) is 5.75 Å². The second-order valence-corrected chi connectivity index (χ2v) is 9.14. The molecular weight excluding hydrogens is 366 g/mol. The number of fused-ring (bicyclic) bond motifs is 2. The first-order chi connectivity index (χ1) is 14.7. The molecule has 4 atom stereocenters. The molecule has 2 bridgehead atoms. The van der Waals surface area contributed by atoms with Gasteiger partial charge in [-0.2, -0.15) is 0 Å². The number of nitrogens with zero attached hydrogens (tertiary/aromatic N) is 1. The predicted octanol–water partition coefficient (Wildman–Crippen LogP) is 6.20. The van der Waals surface area contributed by atoms with Crippen molar-refractivity contribution < 1.29 is 4.74 Å². The Morgan fingerprint density at radius 2 is 1.43 bits per heavy atom. The summed E-state index contributed by atoms with van der Waals surface area (Å²) in [7, 11) is 4.02. The lowest BCUT2D eigenvalue weighted by Gasteiger charge is -2.49. The molecule has 30 heavy (non-hydrogen) atoms. The maximum atomic E-state index is 5.38. The second-order valence-electron chi connectivity index (χ2n) is 9.14. The van der Waals surface area contributed by atoms with Gasteiger partial charge >= 0.3 is 0 Å². The summed E-state index contributed by atoms with van der Waals surface area (Å²) in [5.41, 5.74) is 6.07. The third-order valence-electron chi connectivity index (χ3n) is 7.30. The summed E-state index contributed by atoms with van der Waals surface area (Å²) in [6.45, 7) is 2.19. The van der Waals surface area contributed by atoms with Gasteiger partial charge in [-0.05, 0) is 77.9 Å². The maximum Gasteiger partial charge on any atom is 0.118 e. The molecule has 3 aliphatic carbocycles. The van der Waals surface area contributed by atoms with Crippen LogP contribution in [0.25, 0.3) is 0 Å². The zero-order valence-electron chi connectivity index (χ0n) is 18.0. The number of benzene rings is 3. The standard InChI is InChI=1S/C28H31NO/c1-29(18-20-8-4-3-5-9-20)19-22-16-28-25-11-7-6-10-24(25)27(22)17-26(28)21-12-14-23(30-2)15-13-21/h3-15,22,26-28H,16-19H2,1-2H3/t22-,26-,27+,28-/m0/s1. The van der Waals surface area contributed by atoms with E-state index in [9.17, 15) is 0 Å². The van der Waals surface area contributed by atoms with Crippen molar-refractivity contribution in [2.45, 2.75) is 37.1 Å². The number of hydrogen-bond acceptors (Lipinski definition) is 2. The second kappa shape index (κ2) is 8.28. The molecule has 2 nitrogen and oxygen atoms in total. The Labute approximate surface area is 180 Å². The Balaban J connectivity index is 1.37. The van der Waals surface area contributed by atoms with Crippen LogP contribution >= 0.6 is 0 Å². The van der Waals surface area contributed by atoms with Crippen LogP contribution in [0.5, 0.6) is 5.75 Å². The van der Waals surface area contributed by atoms with Gasteiger partial charge in [0.25, 0.3) is 0 Å². The molecule has 3 aromatic rings. The van der Waals surface area contributed by atoms with E-state index < -0.39 is 0 Å². The molecule has 0 N–H and O–H groups in total. The highest BCUT2D eigenvalue weighted by atomic mass is 16.5. The van der Waals surface area contributed by atoms with E-state index in [0.717, 1.165) is 18.2 Å². The van der Waals surface area contributed by atoms with E-state index in [2.05, 4.69) is 90.8 Å². The average Bonchev–Trinajstić information content (AvgIpc) is 2.80. The third-order valence-corrected chi connectivity index (χ3v) is 7.30. The zero-order chi connectivity index (χ0) is 20.5. The van der Waals surface area contributed by atoms with E-state index in [-0.39, 0.29) is 0 Å². The smallest absolute Gasteiger partial charge is 0.118 e. The lowest BCUT2D eigenvalue weighted by Crippen LogP contribution is -2.39. The van der Waals surface area contributed by atoms with Gasteiger partial charge in [-0.1, -0.05) is 66.7 Å². The largest absolute Gasteiger partial charge is 0.497 e. The van der Waals surface area contributed by atoms with Crippen molar-refractivity contribution in [2.24, 2.45) is 5.92 Å². The first kappa shape index (κ1) is 19.4. The van der Waals surface area contributed by atoms with Gasteiger partial charge in [0.2, 0.25) is 0 Å². The van der Waals surface area contributed by atoms with Crippen molar-refractivity contribution in [1.82, 2.24) is 4.90 Å². The average molecular weight is 398 g/mol. The number of rotatable bonds is 6. The van der Waals surface area contributed by atoms with Gasteiger partial charge in [0.15, 0.2) is 0 Å². The molecule has 6 rings (SSSR count). The normalized spacial score (nSPS) is 24.6. The molecule has 0 saturated heterocycles. The van der Waals surface area contributed by atoms with E-state index in [1.165, 1.54) is 30.5 Å². The minimum atomic E-state index is 0.617. The van der Waals surface area contributed by atoms with Crippen LogP contribution in [0.3, 0.4) is 0 Å². The van der Waals surface area contributed by atoms with Crippen LogP contribution in [0, 0.1) is 5.92 Å². The summed E-state index contributed by atoms with van der Waals surface area (Å²) in [6.07, 6.45) is 2.55. The van der Waals surface area contributed by atoms with Crippen molar-refractivity contribution in [2.75, 3.05) is 20.7 Å². The fourth-order valence-corrected chi connectivity index (χ4v) is 5.98. The Morgan fingerprint density at radius 3 is 2.13 bits per heavy atom. The van der Waals surface area contributed by atoms with E-state index in [1.807, 2.05) is 0 Å². The van der Waals surface area contributed by atoms with Gasteiger partial charge in [0.05, 0.1) is 7.11 Å². The highest BCUT2D eigenvalue weighted by molar-refractivity contribution is 5.44. The molecule has 0 amide bonds. The lowest BCUT2D eigenvalue weighted by molar-refractivity contribution is 0.162. The molecule has 154 valence electrons. The van der Waals surface area contributed by atoms with E-state index in [0.29, 0.717) is 17.8 Å². The fraction of sp³-hybridized carbons (Fsp3) is 0.357. The topological polar surface area (TPSA) is 12.5 Å². The summed E-state index contributed by atoms with van der Waals surface area (Å²) in [6, 6.07) is 28.9. The molecule has 1 fully saturated rings. The van der Waals surface area contributed by atoms with Crippen LogP contribution in [0.1, 0.15) is 52.8 Å². The van der Waals surface area contributed by atoms with Crippen LogP contribution in [0.15, 0.2) is 78.9 Å². The van der Waals surface area contributed by atoms with Gasteiger partial charge < -0.3 is 9.64 Å². The number of hydrogen-bond donors (Lipinski definition) is 0. The number of methoxy groups -OCH3 is 1. The summed E-state index contributed by atoms with van der Waals surface area (Å²) in [5.74, 6) is 3.56. The molecule has 0 heterocycles. The molecule has 0 radical (unpaired) electrons. The monoisotopic (exact) mass is 397 g/mol. The quantitative estimate of drug-likeness (QED) is 0.491. The van der Waals surface area contributed by atoms with E-state index >= 15 is 0 Å². The van der Waals surface area contributed by atoms with Crippen molar-refractivity contribution in [3.63, 3.8) is 0 Å². The lowest BCUT2D eigenvalue weighted by atomic mass is 9.56. The van der Waals surface area contributed by atoms with Crippen LogP contribution in [-0.4, -0.2) is 25.6 Å². The van der Waals surface area contributed by atoms with Crippen LogP contribution in [0.2, 0.25) is 0 Å². The molecule has 2 heteroatoms. The summed E-state index contributed by atoms with van der Waals surface area (Å²) in [4.78, 5) is 2.52. The van der Waals surface area contributed by atoms with Crippen molar-refractivity contribution in [3.05, 3.63) is 101 Å². The SMILES string of the molecule is COc1ccc([C@@H]2C[C@H]3c4ccccc4[C@@H]2C[C@H]3CN(C)Cc2ccccc2)cc1. The molecule has 3 aliphatic rings. The fourth-order valence-electron chi connectivity index (χ4n) is 5.98. The Kier molecular flexibility index (Phi) is 5.35. The molecular formula is C28H31NO. The Bertz CT molecular complexity index is 981. The highest BCUT2D eigenvalue weighted by Crippen LogP contribution is 2.58. The van der Waals surface area contributed by atoms with Crippen LogP contribution in [-0.2, 0) is 6.54 Å². The predicted molar refractivity (Wildman–Crippen MR) is 123 cm³/mol. The first-order valence-corrected chi connectivity index (χ1v) is 11.2. The molecule has 0 aromatic heterocycles. The summed E-state index contributed by atoms with van der Waals surface area (Å²) in [5, 5.41) is 0. The molecule has 0 unspecified atom stereocenters. The Morgan fingerprint density at radius 1 is 0.767 bits per heavy atom. The van der Waals surface area contributed by atoms with Crippen LogP contribution < -0.4 is 4.74 Å². The molecule has 0 spiro atoms. The van der Waals surface area contributed by atoms with Gasteiger partial charge in [-0.3, -0.25) is 0 Å². The molecule has 3 aromatic carbocycles. The zero-order valence-corrected chi connectivity index (χ0v) is 18.0. The van der Waals surface area contributed by atoms with Crippen molar-refractivity contribution >= 4 is 0 Å². The first-order valence-electron chi connectivity index (χ1n) is 11.2. The molecule has 1 saturated carbocycles. The van der Waals surface area contributed by atoms with Crippen molar-refractivity contribution in [1.29, 1.82) is 0 Å². The van der Waals surface area contributed by atoms with E-state index in [1.54, 1.807) is 18.2 Å². The highest BCUT2D eigenvalue weighted by Gasteiger charge is 2.45. The minimum absolute atomic E-state index is 0.617. The summed E-state index contributed by atoms with van der Waals surface area (Å²) >= 11 is 0. The maximum absolute atomic E-state index is 5.38. The number of ether oxygens (including phenoxy) is 1. The van der Waals surface area contributed by atoms with Gasteiger partial charge in [0, 0.05) is 13.1 Å². The van der Waals surface area contributed by atoms with Gasteiger partial charge in [-0.15, -0.1) is 0 Å². The van der Waals surface area contributed by atoms with Gasteiger partial charge in [0.1, 0.15) is 5.75 Å². The molecule has 0 aliphatic heterocycles. The minimum Gasteiger partial charge on any atom is -0.497 e. The van der Waals surface area contributed by atoms with Gasteiger partial charge in [-0.25, -0.2) is 0 Å².